The molecule has 0 atom stereocenters. The van der Waals surface area contributed by atoms with Gasteiger partial charge in [0.25, 0.3) is 0 Å². The predicted molar refractivity (Wildman–Crippen MR) is 52.7 cm³/mol. The summed E-state index contributed by atoms with van der Waals surface area (Å²) in [6, 6.07) is 4.80. The molecule has 0 bridgehead atoms. The largest absolute Gasteiger partial charge is 0.493 e. The monoisotopic (exact) mass is 190 g/mol. The maximum absolute atomic E-state index is 11.1. The first-order chi connectivity index (χ1) is 6.72. The van der Waals surface area contributed by atoms with E-state index in [1.54, 1.807) is 18.2 Å². The summed E-state index contributed by atoms with van der Waals surface area (Å²) in [5.41, 5.74) is 0.421. The van der Waals surface area contributed by atoms with Gasteiger partial charge in [-0.25, -0.2) is 0 Å². The number of rotatable bonds is 3. The van der Waals surface area contributed by atoms with Gasteiger partial charge in [-0.3, -0.25) is 4.79 Å². The molecule has 0 N–H and O–H groups in total. The maximum atomic E-state index is 11.1. The average molecular weight is 190 g/mol. The second-order valence-corrected chi connectivity index (χ2v) is 2.54. The molecule has 0 aliphatic heterocycles. The normalized spacial score (nSPS) is 8.93. The molecular formula is C11H10O3. The fraction of sp³-hybridized carbons (Fsp3) is 0.182. The Morgan fingerprint density at radius 3 is 2.43 bits per heavy atom. The Morgan fingerprint density at radius 2 is 1.93 bits per heavy atom. The second kappa shape index (κ2) is 4.33. The van der Waals surface area contributed by atoms with E-state index in [2.05, 4.69) is 0 Å². The molecule has 1 aromatic rings. The average Bonchev–Trinajstić information content (AvgIpc) is 2.26. The molecule has 72 valence electrons. The van der Waals surface area contributed by atoms with Crippen LogP contribution in [0.25, 0.3) is 0 Å². The van der Waals surface area contributed by atoms with Gasteiger partial charge in [0.15, 0.2) is 11.5 Å². The number of ether oxygens (including phenoxy) is 2. The lowest BCUT2D eigenvalue weighted by molar-refractivity contribution is 0.105. The quantitative estimate of drug-likeness (QED) is 0.412. The van der Waals surface area contributed by atoms with Gasteiger partial charge in [0, 0.05) is 5.56 Å². The van der Waals surface area contributed by atoms with Gasteiger partial charge in [0.05, 0.1) is 14.2 Å². The minimum atomic E-state index is -0.369. The van der Waals surface area contributed by atoms with Crippen molar-refractivity contribution >= 4 is 5.78 Å². The second-order valence-electron chi connectivity index (χ2n) is 2.54. The lowest BCUT2D eigenvalue weighted by Gasteiger charge is -2.07. The fourth-order valence-corrected chi connectivity index (χ4v) is 1.06. The topological polar surface area (TPSA) is 35.5 Å². The third kappa shape index (κ3) is 1.86. The number of hydrogen-bond donors (Lipinski definition) is 0. The molecule has 1 rings (SSSR count). The van der Waals surface area contributed by atoms with Crippen LogP contribution < -0.4 is 9.47 Å². The Kier molecular flexibility index (Phi) is 3.14. The van der Waals surface area contributed by atoms with E-state index in [1.165, 1.54) is 14.2 Å². The van der Waals surface area contributed by atoms with Crippen molar-refractivity contribution in [2.45, 2.75) is 0 Å². The van der Waals surface area contributed by atoms with E-state index >= 15 is 0 Å². The van der Waals surface area contributed by atoms with E-state index in [-0.39, 0.29) is 5.78 Å². The number of carbonyl (C=O) groups is 1. The zero-order valence-corrected chi connectivity index (χ0v) is 8.03. The van der Waals surface area contributed by atoms with E-state index < -0.39 is 0 Å². The van der Waals surface area contributed by atoms with E-state index in [4.69, 9.17) is 15.9 Å². The van der Waals surface area contributed by atoms with Gasteiger partial charge in [-0.05, 0) is 24.1 Å². The number of terminal acetylenes is 1. The van der Waals surface area contributed by atoms with Gasteiger partial charge < -0.3 is 9.47 Å². The zero-order valence-electron chi connectivity index (χ0n) is 8.03. The van der Waals surface area contributed by atoms with Crippen molar-refractivity contribution in [1.82, 2.24) is 0 Å². The molecule has 0 amide bonds. The first-order valence-corrected chi connectivity index (χ1v) is 3.96. The van der Waals surface area contributed by atoms with Crippen LogP contribution >= 0.6 is 0 Å². The van der Waals surface area contributed by atoms with Crippen molar-refractivity contribution in [1.29, 1.82) is 0 Å². The SMILES string of the molecule is C#CC(=O)c1ccc(OC)c(OC)c1. The third-order valence-corrected chi connectivity index (χ3v) is 1.78. The van der Waals surface area contributed by atoms with Gasteiger partial charge in [-0.15, -0.1) is 6.42 Å². The molecule has 0 aromatic heterocycles. The molecule has 0 saturated carbocycles. The molecule has 0 aliphatic carbocycles. The molecule has 0 spiro atoms. The smallest absolute Gasteiger partial charge is 0.235 e. The summed E-state index contributed by atoms with van der Waals surface area (Å²) >= 11 is 0. The predicted octanol–water partition coefficient (Wildman–Crippen LogP) is 1.52. The molecule has 0 fully saturated rings. The molecule has 0 radical (unpaired) electrons. The standard InChI is InChI=1S/C11H10O3/c1-4-9(12)8-5-6-10(13-2)11(7-8)14-3/h1,5-7H,2-3H3. The summed E-state index contributed by atoms with van der Waals surface area (Å²) in [5.74, 6) is 2.73. The van der Waals surface area contributed by atoms with Crippen LogP contribution in [0.2, 0.25) is 0 Å². The Hall–Kier alpha value is -1.95. The minimum Gasteiger partial charge on any atom is -0.493 e. The Labute approximate surface area is 82.6 Å². The first kappa shape index (κ1) is 10.1. The van der Waals surface area contributed by atoms with Crippen LogP contribution in [0.4, 0.5) is 0 Å². The summed E-state index contributed by atoms with van der Waals surface area (Å²) in [6.07, 6.45) is 4.99. The number of hydrogen-bond acceptors (Lipinski definition) is 3. The van der Waals surface area contributed by atoms with Crippen molar-refractivity contribution < 1.29 is 14.3 Å². The van der Waals surface area contributed by atoms with Crippen LogP contribution in [0.5, 0.6) is 11.5 Å². The first-order valence-electron chi connectivity index (χ1n) is 3.96. The summed E-state index contributed by atoms with van der Waals surface area (Å²) in [6.45, 7) is 0. The third-order valence-electron chi connectivity index (χ3n) is 1.78. The van der Waals surface area contributed by atoms with Crippen molar-refractivity contribution in [2.24, 2.45) is 0 Å². The fourth-order valence-electron chi connectivity index (χ4n) is 1.06. The number of carbonyl (C=O) groups excluding carboxylic acids is 1. The number of ketones is 1. The van der Waals surface area contributed by atoms with E-state index in [9.17, 15) is 4.79 Å². The van der Waals surface area contributed by atoms with Crippen LogP contribution in [0.15, 0.2) is 18.2 Å². The van der Waals surface area contributed by atoms with E-state index in [0.717, 1.165) is 0 Å². The highest BCUT2D eigenvalue weighted by Gasteiger charge is 2.08. The molecular weight excluding hydrogens is 180 g/mol. The van der Waals surface area contributed by atoms with Crippen LogP contribution in [0.1, 0.15) is 10.4 Å². The van der Waals surface area contributed by atoms with Crippen molar-refractivity contribution in [3.63, 3.8) is 0 Å². The van der Waals surface area contributed by atoms with Gasteiger partial charge in [0.1, 0.15) is 0 Å². The van der Waals surface area contributed by atoms with Gasteiger partial charge in [0.2, 0.25) is 5.78 Å². The van der Waals surface area contributed by atoms with Gasteiger partial charge in [-0.2, -0.15) is 0 Å². The van der Waals surface area contributed by atoms with Crippen molar-refractivity contribution in [3.8, 4) is 23.8 Å². The van der Waals surface area contributed by atoms with E-state index in [1.807, 2.05) is 5.92 Å². The van der Waals surface area contributed by atoms with Crippen molar-refractivity contribution in [3.05, 3.63) is 23.8 Å². The molecule has 3 nitrogen and oxygen atoms in total. The summed E-state index contributed by atoms with van der Waals surface area (Å²) in [7, 11) is 3.03. The molecule has 0 saturated heterocycles. The van der Waals surface area contributed by atoms with Crippen LogP contribution in [0.3, 0.4) is 0 Å². The van der Waals surface area contributed by atoms with Crippen LogP contribution in [0, 0.1) is 12.3 Å². The summed E-state index contributed by atoms with van der Waals surface area (Å²) < 4.78 is 10.0. The van der Waals surface area contributed by atoms with Gasteiger partial charge in [-0.1, -0.05) is 0 Å². The number of methoxy groups -OCH3 is 2. The number of benzene rings is 1. The van der Waals surface area contributed by atoms with E-state index in [0.29, 0.717) is 17.1 Å². The molecule has 1 aromatic carbocycles. The van der Waals surface area contributed by atoms with Crippen molar-refractivity contribution in [2.75, 3.05) is 14.2 Å². The highest BCUT2D eigenvalue weighted by molar-refractivity contribution is 6.08. The summed E-state index contributed by atoms with van der Waals surface area (Å²) in [5, 5.41) is 0. The van der Waals surface area contributed by atoms with Crippen LogP contribution in [-0.4, -0.2) is 20.0 Å². The molecule has 14 heavy (non-hydrogen) atoms. The highest BCUT2D eigenvalue weighted by Crippen LogP contribution is 2.27. The summed E-state index contributed by atoms with van der Waals surface area (Å²) in [4.78, 5) is 11.1. The highest BCUT2D eigenvalue weighted by atomic mass is 16.5. The maximum Gasteiger partial charge on any atom is 0.235 e. The number of Topliss-reactive ketones (excluding diaryl/α,β-unsaturated/α-hetero) is 1. The van der Waals surface area contributed by atoms with Crippen LogP contribution in [-0.2, 0) is 0 Å². The minimum absolute atomic E-state index is 0.369. The van der Waals surface area contributed by atoms with Gasteiger partial charge >= 0.3 is 0 Å². The lowest BCUT2D eigenvalue weighted by Crippen LogP contribution is -1.97. The Morgan fingerprint density at radius 1 is 1.29 bits per heavy atom. The Bertz CT molecular complexity index is 388. The molecule has 0 heterocycles. The molecule has 3 heteroatoms. The zero-order chi connectivity index (χ0) is 10.6. The lowest BCUT2D eigenvalue weighted by atomic mass is 10.1. The molecule has 0 aliphatic rings. The molecule has 0 unspecified atom stereocenters. The Balaban J connectivity index is 3.15.